The molecule has 128 valence electrons. The highest BCUT2D eigenvalue weighted by Gasteiger charge is 2.11. The van der Waals surface area contributed by atoms with Crippen LogP contribution in [0.15, 0.2) is 30.6 Å². The minimum atomic E-state index is -0.387. The summed E-state index contributed by atoms with van der Waals surface area (Å²) in [5.41, 5.74) is 1.82. The van der Waals surface area contributed by atoms with Gasteiger partial charge in [0.25, 0.3) is 5.91 Å². The predicted octanol–water partition coefficient (Wildman–Crippen LogP) is 2.57. The first kappa shape index (κ1) is 17.8. The lowest BCUT2D eigenvalue weighted by Gasteiger charge is -2.12. The molecule has 2 aromatic rings. The van der Waals surface area contributed by atoms with E-state index in [4.69, 9.17) is 11.6 Å². The number of hydrogen-bond acceptors (Lipinski definition) is 3. The summed E-state index contributed by atoms with van der Waals surface area (Å²) in [4.78, 5) is 24.0. The minimum absolute atomic E-state index is 0.0239. The van der Waals surface area contributed by atoms with Crippen LogP contribution in [-0.4, -0.2) is 34.7 Å². The molecule has 0 saturated carbocycles. The molecule has 24 heavy (non-hydrogen) atoms. The third-order valence-corrected chi connectivity index (χ3v) is 3.48. The van der Waals surface area contributed by atoms with Gasteiger partial charge in [-0.3, -0.25) is 9.89 Å². The van der Waals surface area contributed by atoms with Crippen LogP contribution < -0.4 is 16.0 Å². The quantitative estimate of drug-likeness (QED) is 0.645. The van der Waals surface area contributed by atoms with E-state index in [1.54, 1.807) is 30.6 Å². The van der Waals surface area contributed by atoms with Crippen LogP contribution in [0, 0.1) is 0 Å². The zero-order chi connectivity index (χ0) is 17.5. The van der Waals surface area contributed by atoms with Crippen molar-refractivity contribution < 1.29 is 9.59 Å². The van der Waals surface area contributed by atoms with Crippen LogP contribution in [0.25, 0.3) is 0 Å². The summed E-state index contributed by atoms with van der Waals surface area (Å²) in [6, 6.07) is 4.38. The summed E-state index contributed by atoms with van der Waals surface area (Å²) in [6.07, 6.45) is 4.13. The first-order valence-corrected chi connectivity index (χ1v) is 7.96. The van der Waals surface area contributed by atoms with E-state index in [1.165, 1.54) is 0 Å². The molecule has 0 unspecified atom stereocenters. The number of nitrogens with one attached hydrogen (secondary N) is 4. The fourth-order valence-electron chi connectivity index (χ4n) is 2.01. The number of carbonyl (C=O) groups is 2. The largest absolute Gasteiger partial charge is 0.350 e. The fourth-order valence-corrected chi connectivity index (χ4v) is 2.17. The maximum atomic E-state index is 12.0. The number of anilines is 1. The van der Waals surface area contributed by atoms with Crippen molar-refractivity contribution >= 4 is 29.2 Å². The van der Waals surface area contributed by atoms with Gasteiger partial charge in [0.2, 0.25) is 0 Å². The molecule has 0 fully saturated rings. The second-order valence-corrected chi connectivity index (χ2v) is 5.97. The maximum absolute atomic E-state index is 12.0. The number of urea groups is 1. The van der Waals surface area contributed by atoms with Gasteiger partial charge >= 0.3 is 6.03 Å². The van der Waals surface area contributed by atoms with Crippen molar-refractivity contribution in [2.45, 2.75) is 26.3 Å². The molecule has 0 bridgehead atoms. The van der Waals surface area contributed by atoms with E-state index in [-0.39, 0.29) is 18.0 Å². The molecule has 7 nitrogen and oxygen atoms in total. The molecule has 4 N–H and O–H groups in total. The zero-order valence-corrected chi connectivity index (χ0v) is 14.3. The Morgan fingerprint density at radius 3 is 2.79 bits per heavy atom. The minimum Gasteiger partial charge on any atom is -0.350 e. The van der Waals surface area contributed by atoms with Crippen molar-refractivity contribution in [3.05, 3.63) is 46.7 Å². The second-order valence-electron chi connectivity index (χ2n) is 5.56. The van der Waals surface area contributed by atoms with Gasteiger partial charge in [-0.1, -0.05) is 11.6 Å². The van der Waals surface area contributed by atoms with E-state index in [0.717, 1.165) is 5.56 Å². The molecule has 0 aliphatic heterocycles. The first-order chi connectivity index (χ1) is 11.5. The lowest BCUT2D eigenvalue weighted by molar-refractivity contribution is 0.0943. The van der Waals surface area contributed by atoms with Gasteiger partial charge in [-0.05, 0) is 44.0 Å². The molecule has 1 aromatic carbocycles. The Labute approximate surface area is 145 Å². The highest BCUT2D eigenvalue weighted by atomic mass is 35.5. The molecule has 8 heteroatoms. The monoisotopic (exact) mass is 349 g/mol. The summed E-state index contributed by atoms with van der Waals surface area (Å²) >= 11 is 6.08. The number of benzene rings is 1. The molecule has 0 aliphatic rings. The number of amides is 3. The van der Waals surface area contributed by atoms with E-state index in [1.807, 2.05) is 13.8 Å². The number of halogens is 1. The molecule has 2 rings (SSSR count). The van der Waals surface area contributed by atoms with Crippen molar-refractivity contribution in [1.29, 1.82) is 0 Å². The lowest BCUT2D eigenvalue weighted by atomic mass is 10.1. The van der Waals surface area contributed by atoms with Gasteiger partial charge in [0.1, 0.15) is 0 Å². The number of carbonyl (C=O) groups excluding carboxylic acids is 2. The van der Waals surface area contributed by atoms with Crippen LogP contribution in [0.5, 0.6) is 0 Å². The highest BCUT2D eigenvalue weighted by Crippen LogP contribution is 2.23. The van der Waals surface area contributed by atoms with Crippen molar-refractivity contribution in [1.82, 2.24) is 20.8 Å². The molecular weight excluding hydrogens is 330 g/mol. The zero-order valence-electron chi connectivity index (χ0n) is 13.5. The molecule has 1 aromatic heterocycles. The molecule has 0 aliphatic carbocycles. The van der Waals surface area contributed by atoms with Gasteiger partial charge in [-0.2, -0.15) is 5.10 Å². The fraction of sp³-hybridized carbons (Fsp3) is 0.312. The van der Waals surface area contributed by atoms with Crippen molar-refractivity contribution in [2.24, 2.45) is 0 Å². The average Bonchev–Trinajstić information content (AvgIpc) is 3.02. The smallest absolute Gasteiger partial charge is 0.319 e. The second kappa shape index (κ2) is 8.35. The van der Waals surface area contributed by atoms with Crippen molar-refractivity contribution in [3.63, 3.8) is 0 Å². The Hall–Kier alpha value is -2.54. The van der Waals surface area contributed by atoms with E-state index < -0.39 is 0 Å². The lowest BCUT2D eigenvalue weighted by Crippen LogP contribution is -2.31. The summed E-state index contributed by atoms with van der Waals surface area (Å²) < 4.78 is 0. The maximum Gasteiger partial charge on any atom is 0.319 e. The first-order valence-electron chi connectivity index (χ1n) is 7.58. The van der Waals surface area contributed by atoms with E-state index >= 15 is 0 Å². The van der Waals surface area contributed by atoms with Crippen LogP contribution in [-0.2, 0) is 6.42 Å². The normalized spacial score (nSPS) is 10.5. The van der Waals surface area contributed by atoms with E-state index in [2.05, 4.69) is 26.1 Å². The number of hydrogen-bond donors (Lipinski definition) is 4. The Bertz CT molecular complexity index is 700. The van der Waals surface area contributed by atoms with E-state index in [9.17, 15) is 9.59 Å². The van der Waals surface area contributed by atoms with Gasteiger partial charge in [-0.15, -0.1) is 0 Å². The average molecular weight is 350 g/mol. The van der Waals surface area contributed by atoms with Crippen molar-refractivity contribution in [2.75, 3.05) is 11.9 Å². The predicted molar refractivity (Wildman–Crippen MR) is 93.4 cm³/mol. The standard InChI is InChI=1S/C16H20ClN5O2/c1-10(2)21-15(23)12-3-4-13(17)14(7-12)22-16(24)18-6-5-11-8-19-20-9-11/h3-4,7-10H,5-6H2,1-2H3,(H,19,20)(H,21,23)(H2,18,22,24). The van der Waals surface area contributed by atoms with Crippen LogP contribution in [0.1, 0.15) is 29.8 Å². The number of aromatic amines is 1. The molecule has 0 atom stereocenters. The van der Waals surface area contributed by atoms with Gasteiger partial charge in [0.05, 0.1) is 16.9 Å². The van der Waals surface area contributed by atoms with Crippen LogP contribution in [0.4, 0.5) is 10.5 Å². The Balaban J connectivity index is 1.92. The highest BCUT2D eigenvalue weighted by molar-refractivity contribution is 6.33. The SMILES string of the molecule is CC(C)NC(=O)c1ccc(Cl)c(NC(=O)NCCc2cn[nH]c2)c1. The Morgan fingerprint density at radius 1 is 1.33 bits per heavy atom. The number of nitrogens with zero attached hydrogens (tertiary/aromatic N) is 1. The molecule has 1 heterocycles. The number of H-pyrrole nitrogens is 1. The summed E-state index contributed by atoms with van der Waals surface area (Å²) in [5, 5.41) is 15.1. The van der Waals surface area contributed by atoms with Crippen LogP contribution >= 0.6 is 11.6 Å². The topological polar surface area (TPSA) is 98.9 Å². The van der Waals surface area contributed by atoms with Crippen LogP contribution in [0.2, 0.25) is 5.02 Å². The Kier molecular flexibility index (Phi) is 6.20. The Morgan fingerprint density at radius 2 is 2.12 bits per heavy atom. The molecule has 3 amide bonds. The van der Waals surface area contributed by atoms with Gasteiger partial charge < -0.3 is 16.0 Å². The van der Waals surface area contributed by atoms with Gasteiger partial charge in [0, 0.05) is 24.3 Å². The molecule has 0 radical (unpaired) electrons. The molecular formula is C16H20ClN5O2. The number of aromatic nitrogens is 2. The summed E-state index contributed by atoms with van der Waals surface area (Å²) in [7, 11) is 0. The van der Waals surface area contributed by atoms with Gasteiger partial charge in [-0.25, -0.2) is 4.79 Å². The molecule has 0 saturated heterocycles. The van der Waals surface area contributed by atoms with E-state index in [0.29, 0.717) is 29.2 Å². The molecule has 0 spiro atoms. The summed E-state index contributed by atoms with van der Waals surface area (Å²) in [6.45, 7) is 4.21. The van der Waals surface area contributed by atoms with Crippen LogP contribution in [0.3, 0.4) is 0 Å². The number of rotatable bonds is 6. The third-order valence-electron chi connectivity index (χ3n) is 3.15. The van der Waals surface area contributed by atoms with Gasteiger partial charge in [0.15, 0.2) is 0 Å². The summed E-state index contributed by atoms with van der Waals surface area (Å²) in [5.74, 6) is -0.218. The third kappa shape index (κ3) is 5.27. The van der Waals surface area contributed by atoms with Crippen molar-refractivity contribution in [3.8, 4) is 0 Å².